The molecule has 1 unspecified atom stereocenters. The van der Waals surface area contributed by atoms with E-state index in [9.17, 15) is 5.11 Å². The number of ether oxygens (including phenoxy) is 1. The van der Waals surface area contributed by atoms with Crippen LogP contribution in [0.5, 0.6) is 5.75 Å². The molecule has 0 aliphatic carbocycles. The van der Waals surface area contributed by atoms with Crippen LogP contribution in [0.15, 0.2) is 46.9 Å². The van der Waals surface area contributed by atoms with Crippen molar-refractivity contribution in [3.63, 3.8) is 0 Å². The van der Waals surface area contributed by atoms with Gasteiger partial charge in [-0.2, -0.15) is 5.26 Å². The molecule has 0 saturated carbocycles. The van der Waals surface area contributed by atoms with E-state index < -0.39 is 6.10 Å². The van der Waals surface area contributed by atoms with Crippen molar-refractivity contribution in [1.29, 1.82) is 5.26 Å². The van der Waals surface area contributed by atoms with Gasteiger partial charge in [0.25, 0.3) is 0 Å². The van der Waals surface area contributed by atoms with Gasteiger partial charge in [0, 0.05) is 6.42 Å². The van der Waals surface area contributed by atoms with E-state index in [0.717, 1.165) is 21.3 Å². The van der Waals surface area contributed by atoms with Gasteiger partial charge >= 0.3 is 0 Å². The molecular weight excluding hydrogens is 318 g/mol. The average molecular weight is 332 g/mol. The Balaban J connectivity index is 2.12. The molecule has 1 atom stereocenters. The van der Waals surface area contributed by atoms with E-state index in [4.69, 9.17) is 10.00 Å². The number of aliphatic hydroxyl groups excluding tert-OH is 1. The number of hydrogen-bond donors (Lipinski definition) is 1. The molecule has 0 fully saturated rings. The van der Waals surface area contributed by atoms with Gasteiger partial charge in [-0.1, -0.05) is 18.2 Å². The highest BCUT2D eigenvalue weighted by molar-refractivity contribution is 9.10. The van der Waals surface area contributed by atoms with Crippen LogP contribution in [0.4, 0.5) is 0 Å². The van der Waals surface area contributed by atoms with Gasteiger partial charge in [-0.3, -0.25) is 0 Å². The van der Waals surface area contributed by atoms with Gasteiger partial charge in [0.2, 0.25) is 0 Å². The summed E-state index contributed by atoms with van der Waals surface area (Å²) >= 11 is 3.43. The van der Waals surface area contributed by atoms with Crippen LogP contribution in [0.1, 0.15) is 22.8 Å². The van der Waals surface area contributed by atoms with Gasteiger partial charge < -0.3 is 9.84 Å². The predicted octanol–water partition coefficient (Wildman–Crippen LogP) is 3.61. The molecule has 0 radical (unpaired) electrons. The summed E-state index contributed by atoms with van der Waals surface area (Å²) in [7, 11) is 1.62. The molecule has 0 aliphatic heterocycles. The standard InChI is InChI=1S/C16H14BrNO2/c1-20-16-7-4-12(8-14(16)17)9-15(19)13-5-2-11(10-18)3-6-13/h2-8,15,19H,9H2,1H3. The Morgan fingerprint density at radius 2 is 1.95 bits per heavy atom. The number of hydrogen-bond acceptors (Lipinski definition) is 3. The Hall–Kier alpha value is -1.83. The minimum Gasteiger partial charge on any atom is -0.496 e. The summed E-state index contributed by atoms with van der Waals surface area (Å²) in [6.07, 6.45) is -0.0860. The molecule has 0 aromatic heterocycles. The number of nitrogens with zero attached hydrogens (tertiary/aromatic N) is 1. The summed E-state index contributed by atoms with van der Waals surface area (Å²) in [6, 6.07) is 14.8. The molecule has 2 rings (SSSR count). The lowest BCUT2D eigenvalue weighted by Crippen LogP contribution is -2.02. The summed E-state index contributed by atoms with van der Waals surface area (Å²) in [6.45, 7) is 0. The molecule has 2 aromatic rings. The van der Waals surface area contributed by atoms with E-state index >= 15 is 0 Å². The summed E-state index contributed by atoms with van der Waals surface area (Å²) in [5.74, 6) is 0.765. The molecule has 0 spiro atoms. The lowest BCUT2D eigenvalue weighted by Gasteiger charge is -2.12. The number of aliphatic hydroxyl groups is 1. The third-order valence-corrected chi connectivity index (χ3v) is 3.69. The maximum absolute atomic E-state index is 10.2. The fraction of sp³-hybridized carbons (Fsp3) is 0.188. The SMILES string of the molecule is COc1ccc(CC(O)c2ccc(C#N)cc2)cc1Br. The molecule has 3 nitrogen and oxygen atoms in total. The van der Waals surface area contributed by atoms with Crippen LogP contribution >= 0.6 is 15.9 Å². The number of halogens is 1. The van der Waals surface area contributed by atoms with E-state index in [1.807, 2.05) is 18.2 Å². The van der Waals surface area contributed by atoms with Crippen LogP contribution in [-0.4, -0.2) is 12.2 Å². The molecule has 2 aromatic carbocycles. The van der Waals surface area contributed by atoms with E-state index in [-0.39, 0.29) is 0 Å². The smallest absolute Gasteiger partial charge is 0.133 e. The summed E-state index contributed by atoms with van der Waals surface area (Å²) < 4.78 is 6.04. The maximum Gasteiger partial charge on any atom is 0.133 e. The van der Waals surface area contributed by atoms with Gasteiger partial charge in [-0.15, -0.1) is 0 Å². The van der Waals surface area contributed by atoms with E-state index in [2.05, 4.69) is 22.0 Å². The van der Waals surface area contributed by atoms with Crippen LogP contribution < -0.4 is 4.74 Å². The highest BCUT2D eigenvalue weighted by atomic mass is 79.9. The van der Waals surface area contributed by atoms with Crippen molar-refractivity contribution < 1.29 is 9.84 Å². The number of rotatable bonds is 4. The van der Waals surface area contributed by atoms with E-state index in [1.54, 1.807) is 31.4 Å². The lowest BCUT2D eigenvalue weighted by molar-refractivity contribution is 0.178. The zero-order valence-corrected chi connectivity index (χ0v) is 12.6. The van der Waals surface area contributed by atoms with Crippen molar-refractivity contribution in [2.24, 2.45) is 0 Å². The molecule has 0 bridgehead atoms. The third-order valence-electron chi connectivity index (χ3n) is 3.07. The third kappa shape index (κ3) is 3.38. The zero-order valence-electron chi connectivity index (χ0n) is 11.0. The topological polar surface area (TPSA) is 53.2 Å². The molecule has 0 saturated heterocycles. The summed E-state index contributed by atoms with van der Waals surface area (Å²) in [5.41, 5.74) is 2.40. The van der Waals surface area contributed by atoms with E-state index in [1.165, 1.54) is 0 Å². The highest BCUT2D eigenvalue weighted by Gasteiger charge is 2.10. The Bertz CT molecular complexity index is 632. The molecule has 102 valence electrons. The second kappa shape index (κ2) is 6.56. The Morgan fingerprint density at radius 3 is 2.50 bits per heavy atom. The fourth-order valence-electron chi connectivity index (χ4n) is 1.96. The second-order valence-corrected chi connectivity index (χ2v) is 5.28. The Kier molecular flexibility index (Phi) is 4.78. The van der Waals surface area contributed by atoms with Gasteiger partial charge in [-0.25, -0.2) is 0 Å². The van der Waals surface area contributed by atoms with Crippen molar-refractivity contribution in [1.82, 2.24) is 0 Å². The first-order chi connectivity index (χ1) is 9.63. The zero-order chi connectivity index (χ0) is 14.5. The average Bonchev–Trinajstić information content (AvgIpc) is 2.47. The molecule has 4 heteroatoms. The number of methoxy groups -OCH3 is 1. The number of nitriles is 1. The normalized spacial score (nSPS) is 11.7. The summed E-state index contributed by atoms with van der Waals surface area (Å²) in [4.78, 5) is 0. The monoisotopic (exact) mass is 331 g/mol. The largest absolute Gasteiger partial charge is 0.496 e. The molecule has 1 N–H and O–H groups in total. The van der Waals surface area contributed by atoms with Crippen molar-refractivity contribution in [3.05, 3.63) is 63.6 Å². The first-order valence-corrected chi connectivity index (χ1v) is 6.94. The second-order valence-electron chi connectivity index (χ2n) is 4.42. The van der Waals surface area contributed by atoms with Crippen LogP contribution in [-0.2, 0) is 6.42 Å². The first kappa shape index (κ1) is 14.6. The van der Waals surface area contributed by atoms with Crippen LogP contribution in [0.3, 0.4) is 0 Å². The summed E-state index contributed by atoms with van der Waals surface area (Å²) in [5, 5.41) is 19.0. The van der Waals surface area contributed by atoms with Crippen LogP contribution in [0.2, 0.25) is 0 Å². The quantitative estimate of drug-likeness (QED) is 0.931. The molecular formula is C16H14BrNO2. The van der Waals surface area contributed by atoms with Gasteiger partial charge in [0.1, 0.15) is 5.75 Å². The lowest BCUT2D eigenvalue weighted by atomic mass is 10.0. The minimum atomic E-state index is -0.594. The van der Waals surface area contributed by atoms with Crippen molar-refractivity contribution >= 4 is 15.9 Å². The van der Waals surface area contributed by atoms with Gasteiger partial charge in [-0.05, 0) is 51.3 Å². The highest BCUT2D eigenvalue weighted by Crippen LogP contribution is 2.27. The van der Waals surface area contributed by atoms with Gasteiger partial charge in [0.15, 0.2) is 0 Å². The van der Waals surface area contributed by atoms with Crippen LogP contribution in [0, 0.1) is 11.3 Å². The van der Waals surface area contributed by atoms with Crippen LogP contribution in [0.25, 0.3) is 0 Å². The van der Waals surface area contributed by atoms with Crippen molar-refractivity contribution in [2.45, 2.75) is 12.5 Å². The number of benzene rings is 2. The molecule has 0 heterocycles. The van der Waals surface area contributed by atoms with Crippen molar-refractivity contribution in [2.75, 3.05) is 7.11 Å². The Labute approximate surface area is 126 Å². The van der Waals surface area contributed by atoms with Gasteiger partial charge in [0.05, 0.1) is 29.3 Å². The predicted molar refractivity (Wildman–Crippen MR) is 80.5 cm³/mol. The Morgan fingerprint density at radius 1 is 1.25 bits per heavy atom. The minimum absolute atomic E-state index is 0.508. The molecule has 0 amide bonds. The fourth-order valence-corrected chi connectivity index (χ4v) is 2.55. The maximum atomic E-state index is 10.2. The first-order valence-electron chi connectivity index (χ1n) is 6.14. The molecule has 20 heavy (non-hydrogen) atoms. The molecule has 0 aliphatic rings. The van der Waals surface area contributed by atoms with Crippen molar-refractivity contribution in [3.8, 4) is 11.8 Å². The van der Waals surface area contributed by atoms with E-state index in [0.29, 0.717) is 12.0 Å².